The Hall–Kier alpha value is -1.98. The summed E-state index contributed by atoms with van der Waals surface area (Å²) >= 11 is 3.50. The molecule has 0 bridgehead atoms. The molecule has 3 heterocycles. The number of rotatable bonds is 3. The molecule has 0 aliphatic carbocycles. The maximum atomic E-state index is 4.96. The molecule has 0 atom stereocenters. The Morgan fingerprint density at radius 3 is 2.77 bits per heavy atom. The van der Waals surface area contributed by atoms with Gasteiger partial charge < -0.3 is 0 Å². The Kier molecular flexibility index (Phi) is 3.32. The van der Waals surface area contributed by atoms with E-state index >= 15 is 0 Å². The Bertz CT molecular complexity index is 932. The zero-order chi connectivity index (χ0) is 15.1. The van der Waals surface area contributed by atoms with Gasteiger partial charge in [-0.15, -0.1) is 22.7 Å². The molecule has 4 aromatic rings. The molecule has 0 N–H and O–H groups in total. The van der Waals surface area contributed by atoms with Crippen LogP contribution in [0.2, 0.25) is 0 Å². The highest BCUT2D eigenvalue weighted by molar-refractivity contribution is 7.18. The van der Waals surface area contributed by atoms with Crippen LogP contribution in [-0.2, 0) is 6.42 Å². The Morgan fingerprint density at radius 1 is 1.18 bits per heavy atom. The standard InChI is InChI=1S/C17H15N3S2/c1-3-13-15(12-7-5-4-6-8-12)18-16(22-13)14-11(2)19-20-9-10-21-17(14)20/h4-10H,3H2,1-2H3. The van der Waals surface area contributed by atoms with Gasteiger partial charge in [-0.25, -0.2) is 9.50 Å². The lowest BCUT2D eigenvalue weighted by atomic mass is 10.1. The molecule has 4 rings (SSSR count). The lowest BCUT2D eigenvalue weighted by Gasteiger charge is -1.98. The van der Waals surface area contributed by atoms with Crippen molar-refractivity contribution >= 4 is 27.5 Å². The number of fused-ring (bicyclic) bond motifs is 1. The molecule has 0 spiro atoms. The summed E-state index contributed by atoms with van der Waals surface area (Å²) in [6.45, 7) is 4.25. The molecule has 110 valence electrons. The average Bonchev–Trinajstić information content (AvgIpc) is 3.21. The molecule has 0 unspecified atom stereocenters. The Balaban J connectivity index is 1.92. The second-order valence-electron chi connectivity index (χ2n) is 5.12. The molecule has 0 aliphatic rings. The lowest BCUT2D eigenvalue weighted by molar-refractivity contribution is 0.948. The number of benzene rings is 1. The molecule has 0 aliphatic heterocycles. The lowest BCUT2D eigenvalue weighted by Crippen LogP contribution is -1.83. The molecule has 0 saturated carbocycles. The molecule has 0 radical (unpaired) electrons. The number of aromatic nitrogens is 3. The first-order valence-electron chi connectivity index (χ1n) is 7.26. The van der Waals surface area contributed by atoms with Crippen molar-refractivity contribution in [2.24, 2.45) is 0 Å². The van der Waals surface area contributed by atoms with E-state index in [1.807, 2.05) is 16.8 Å². The van der Waals surface area contributed by atoms with Gasteiger partial charge in [0.25, 0.3) is 0 Å². The maximum Gasteiger partial charge on any atom is 0.129 e. The summed E-state index contributed by atoms with van der Waals surface area (Å²) in [7, 11) is 0. The maximum absolute atomic E-state index is 4.96. The molecule has 0 fully saturated rings. The van der Waals surface area contributed by atoms with E-state index in [1.54, 1.807) is 22.7 Å². The monoisotopic (exact) mass is 325 g/mol. The van der Waals surface area contributed by atoms with Crippen LogP contribution in [0.4, 0.5) is 0 Å². The second-order valence-corrected chi connectivity index (χ2v) is 7.10. The van der Waals surface area contributed by atoms with Crippen molar-refractivity contribution in [1.82, 2.24) is 14.6 Å². The van der Waals surface area contributed by atoms with E-state index in [-0.39, 0.29) is 0 Å². The average molecular weight is 325 g/mol. The third-order valence-electron chi connectivity index (χ3n) is 3.70. The molecular formula is C17H15N3S2. The van der Waals surface area contributed by atoms with E-state index in [0.717, 1.165) is 22.8 Å². The van der Waals surface area contributed by atoms with Crippen molar-refractivity contribution in [3.05, 3.63) is 52.5 Å². The predicted octanol–water partition coefficient (Wildman–Crippen LogP) is 5.06. The summed E-state index contributed by atoms with van der Waals surface area (Å²) in [6.07, 6.45) is 3.00. The van der Waals surface area contributed by atoms with Gasteiger partial charge in [0.05, 0.1) is 17.0 Å². The number of hydrogen-bond acceptors (Lipinski definition) is 4. The largest absolute Gasteiger partial charge is 0.236 e. The van der Waals surface area contributed by atoms with Gasteiger partial charge in [0, 0.05) is 22.0 Å². The number of thiazole rings is 2. The summed E-state index contributed by atoms with van der Waals surface area (Å²) in [5.41, 5.74) is 4.52. The van der Waals surface area contributed by atoms with Crippen LogP contribution in [0.1, 0.15) is 17.5 Å². The van der Waals surface area contributed by atoms with E-state index in [9.17, 15) is 0 Å². The summed E-state index contributed by atoms with van der Waals surface area (Å²) < 4.78 is 1.95. The van der Waals surface area contributed by atoms with Crippen molar-refractivity contribution in [3.8, 4) is 21.8 Å². The zero-order valence-corrected chi connectivity index (χ0v) is 14.0. The fraction of sp³-hybridized carbons (Fsp3) is 0.176. The topological polar surface area (TPSA) is 30.2 Å². The quantitative estimate of drug-likeness (QED) is 0.527. The van der Waals surface area contributed by atoms with Crippen LogP contribution in [-0.4, -0.2) is 14.6 Å². The molecule has 0 saturated heterocycles. The predicted molar refractivity (Wildman–Crippen MR) is 93.7 cm³/mol. The third-order valence-corrected chi connectivity index (χ3v) is 5.79. The minimum Gasteiger partial charge on any atom is -0.236 e. The first-order valence-corrected chi connectivity index (χ1v) is 8.95. The normalized spacial score (nSPS) is 11.4. The highest BCUT2D eigenvalue weighted by Crippen LogP contribution is 2.38. The van der Waals surface area contributed by atoms with Gasteiger partial charge in [0.15, 0.2) is 0 Å². The number of aryl methyl sites for hydroxylation is 2. The summed E-state index contributed by atoms with van der Waals surface area (Å²) in [4.78, 5) is 7.46. The molecular weight excluding hydrogens is 310 g/mol. The van der Waals surface area contributed by atoms with Crippen molar-refractivity contribution < 1.29 is 0 Å². The zero-order valence-electron chi connectivity index (χ0n) is 12.4. The minimum atomic E-state index is 0.996. The first kappa shape index (κ1) is 13.7. The van der Waals surface area contributed by atoms with E-state index in [4.69, 9.17) is 4.98 Å². The van der Waals surface area contributed by atoms with Crippen LogP contribution in [0.3, 0.4) is 0 Å². The highest BCUT2D eigenvalue weighted by atomic mass is 32.1. The number of hydrogen-bond donors (Lipinski definition) is 0. The second kappa shape index (κ2) is 5.34. The van der Waals surface area contributed by atoms with E-state index in [1.165, 1.54) is 20.8 Å². The fourth-order valence-electron chi connectivity index (χ4n) is 2.66. The summed E-state index contributed by atoms with van der Waals surface area (Å²) in [5, 5.41) is 7.72. The van der Waals surface area contributed by atoms with Gasteiger partial charge in [0.1, 0.15) is 9.84 Å². The Morgan fingerprint density at radius 2 is 2.00 bits per heavy atom. The van der Waals surface area contributed by atoms with Gasteiger partial charge in [-0.3, -0.25) is 0 Å². The van der Waals surface area contributed by atoms with Crippen molar-refractivity contribution in [2.75, 3.05) is 0 Å². The van der Waals surface area contributed by atoms with Crippen LogP contribution in [0, 0.1) is 6.92 Å². The van der Waals surface area contributed by atoms with Crippen LogP contribution in [0.25, 0.3) is 26.7 Å². The van der Waals surface area contributed by atoms with Gasteiger partial charge >= 0.3 is 0 Å². The SMILES string of the molecule is CCc1sc(-c2c(C)nn3ccsc23)nc1-c1ccccc1. The van der Waals surface area contributed by atoms with Crippen LogP contribution in [0.5, 0.6) is 0 Å². The Labute approximate surface area is 136 Å². The molecule has 3 aromatic heterocycles. The smallest absolute Gasteiger partial charge is 0.129 e. The molecule has 0 amide bonds. The van der Waals surface area contributed by atoms with Gasteiger partial charge in [-0.1, -0.05) is 37.3 Å². The van der Waals surface area contributed by atoms with Crippen LogP contribution in [0.15, 0.2) is 41.9 Å². The summed E-state index contributed by atoms with van der Waals surface area (Å²) in [6, 6.07) is 10.4. The molecule has 5 heteroatoms. The fourth-order valence-corrected chi connectivity index (χ4v) is 4.72. The van der Waals surface area contributed by atoms with Crippen molar-refractivity contribution in [3.63, 3.8) is 0 Å². The van der Waals surface area contributed by atoms with Crippen molar-refractivity contribution in [2.45, 2.75) is 20.3 Å². The van der Waals surface area contributed by atoms with Gasteiger partial charge in [-0.2, -0.15) is 5.10 Å². The van der Waals surface area contributed by atoms with Crippen molar-refractivity contribution in [1.29, 1.82) is 0 Å². The van der Waals surface area contributed by atoms with Gasteiger partial charge in [0.2, 0.25) is 0 Å². The van der Waals surface area contributed by atoms with E-state index in [0.29, 0.717) is 0 Å². The van der Waals surface area contributed by atoms with Gasteiger partial charge in [-0.05, 0) is 13.3 Å². The minimum absolute atomic E-state index is 0.996. The van der Waals surface area contributed by atoms with E-state index in [2.05, 4.69) is 48.6 Å². The van der Waals surface area contributed by atoms with E-state index < -0.39 is 0 Å². The van der Waals surface area contributed by atoms with Crippen LogP contribution < -0.4 is 0 Å². The molecule has 22 heavy (non-hydrogen) atoms. The highest BCUT2D eigenvalue weighted by Gasteiger charge is 2.19. The number of nitrogens with zero attached hydrogens (tertiary/aromatic N) is 3. The molecule has 3 nitrogen and oxygen atoms in total. The third kappa shape index (κ3) is 2.09. The first-order chi connectivity index (χ1) is 10.8. The summed E-state index contributed by atoms with van der Waals surface area (Å²) in [5.74, 6) is 0. The van der Waals surface area contributed by atoms with Crippen LogP contribution >= 0.6 is 22.7 Å². The molecule has 1 aromatic carbocycles.